The van der Waals surface area contributed by atoms with Gasteiger partial charge in [-0.15, -0.1) is 0 Å². The van der Waals surface area contributed by atoms with E-state index in [1.807, 2.05) is 0 Å². The van der Waals surface area contributed by atoms with Gasteiger partial charge >= 0.3 is 0 Å². The second kappa shape index (κ2) is 8.10. The van der Waals surface area contributed by atoms with Gasteiger partial charge in [-0.1, -0.05) is 6.92 Å². The van der Waals surface area contributed by atoms with E-state index in [1.54, 1.807) is 7.11 Å². The normalized spacial score (nSPS) is 16.3. The van der Waals surface area contributed by atoms with E-state index in [0.29, 0.717) is 18.6 Å². The van der Waals surface area contributed by atoms with Gasteiger partial charge in [0, 0.05) is 32.3 Å². The summed E-state index contributed by atoms with van der Waals surface area (Å²) in [5, 5.41) is 0. The fourth-order valence-electron chi connectivity index (χ4n) is 2.55. The van der Waals surface area contributed by atoms with Gasteiger partial charge in [0.05, 0.1) is 5.60 Å². The number of hydrogen-bond donors (Lipinski definition) is 1. The van der Waals surface area contributed by atoms with Crippen molar-refractivity contribution in [2.75, 3.05) is 40.8 Å². The molecule has 0 aliphatic carbocycles. The van der Waals surface area contributed by atoms with Crippen molar-refractivity contribution < 1.29 is 4.74 Å². The van der Waals surface area contributed by atoms with Crippen molar-refractivity contribution in [2.45, 2.75) is 51.8 Å². The summed E-state index contributed by atoms with van der Waals surface area (Å²) in [4.78, 5) is 4.71. The number of nitrogens with zero attached hydrogens (tertiary/aromatic N) is 2. The third kappa shape index (κ3) is 6.14. The van der Waals surface area contributed by atoms with E-state index in [-0.39, 0.29) is 5.60 Å². The van der Waals surface area contributed by atoms with Crippen LogP contribution in [-0.2, 0) is 4.74 Å². The van der Waals surface area contributed by atoms with Crippen LogP contribution in [0.3, 0.4) is 0 Å². The Hall–Kier alpha value is -0.160. The van der Waals surface area contributed by atoms with Gasteiger partial charge in [-0.05, 0) is 47.8 Å². The van der Waals surface area contributed by atoms with Crippen LogP contribution >= 0.6 is 0 Å². The van der Waals surface area contributed by atoms with Gasteiger partial charge in [-0.2, -0.15) is 0 Å². The fourth-order valence-corrected chi connectivity index (χ4v) is 2.55. The van der Waals surface area contributed by atoms with Gasteiger partial charge in [-0.25, -0.2) is 0 Å². The predicted octanol–water partition coefficient (Wildman–Crippen LogP) is 1.40. The molecule has 18 heavy (non-hydrogen) atoms. The molecular weight excluding hydrogens is 226 g/mol. The smallest absolute Gasteiger partial charge is 0.0638 e. The summed E-state index contributed by atoms with van der Waals surface area (Å²) >= 11 is 0. The van der Waals surface area contributed by atoms with E-state index < -0.39 is 0 Å². The highest BCUT2D eigenvalue weighted by atomic mass is 16.5. The molecule has 2 atom stereocenters. The molecule has 110 valence electrons. The molecule has 0 saturated heterocycles. The molecule has 2 N–H and O–H groups in total. The Bertz CT molecular complexity index is 219. The van der Waals surface area contributed by atoms with Gasteiger partial charge in [0.1, 0.15) is 0 Å². The average Bonchev–Trinajstić information content (AvgIpc) is 2.27. The lowest BCUT2D eigenvalue weighted by atomic mass is 9.96. The monoisotopic (exact) mass is 259 g/mol. The molecule has 0 radical (unpaired) electrons. The van der Waals surface area contributed by atoms with E-state index in [2.05, 4.69) is 51.6 Å². The molecule has 0 rings (SSSR count). The highest BCUT2D eigenvalue weighted by Gasteiger charge is 2.28. The van der Waals surface area contributed by atoms with Crippen molar-refractivity contribution in [3.63, 3.8) is 0 Å². The Kier molecular flexibility index (Phi) is 8.03. The van der Waals surface area contributed by atoms with Gasteiger partial charge in [0.15, 0.2) is 0 Å². The molecule has 0 heterocycles. The third-order valence-corrected chi connectivity index (χ3v) is 3.58. The van der Waals surface area contributed by atoms with Crippen molar-refractivity contribution in [1.29, 1.82) is 0 Å². The van der Waals surface area contributed by atoms with E-state index in [1.165, 1.54) is 0 Å². The van der Waals surface area contributed by atoms with Crippen LogP contribution in [0.5, 0.6) is 0 Å². The first-order valence-corrected chi connectivity index (χ1v) is 6.93. The molecule has 0 aliphatic heterocycles. The van der Waals surface area contributed by atoms with E-state index in [0.717, 1.165) is 19.5 Å². The molecule has 0 saturated carbocycles. The standard InChI is InChI=1S/C14H33N3O/c1-8-17(12(2)11-16(5)6)13(10-15)9-14(3,4)18-7/h12-13H,8-11,15H2,1-7H3. The lowest BCUT2D eigenvalue weighted by molar-refractivity contribution is -0.0136. The maximum Gasteiger partial charge on any atom is 0.0638 e. The zero-order chi connectivity index (χ0) is 14.3. The Morgan fingerprint density at radius 2 is 1.83 bits per heavy atom. The lowest BCUT2D eigenvalue weighted by Crippen LogP contribution is -2.51. The molecular formula is C14H33N3O. The van der Waals surface area contributed by atoms with Gasteiger partial charge in [0.25, 0.3) is 0 Å². The lowest BCUT2D eigenvalue weighted by Gasteiger charge is -2.39. The van der Waals surface area contributed by atoms with Gasteiger partial charge in [0.2, 0.25) is 0 Å². The highest BCUT2D eigenvalue weighted by Crippen LogP contribution is 2.20. The number of ether oxygens (including phenoxy) is 1. The molecule has 0 aromatic rings. The van der Waals surface area contributed by atoms with Crippen LogP contribution in [-0.4, -0.2) is 68.3 Å². The summed E-state index contributed by atoms with van der Waals surface area (Å²) in [5.41, 5.74) is 5.85. The number of nitrogens with two attached hydrogens (primary N) is 1. The summed E-state index contributed by atoms with van der Waals surface area (Å²) in [5.74, 6) is 0. The van der Waals surface area contributed by atoms with Crippen LogP contribution in [0.1, 0.15) is 34.1 Å². The van der Waals surface area contributed by atoms with Crippen LogP contribution in [0.15, 0.2) is 0 Å². The Balaban J connectivity index is 4.66. The summed E-state index contributed by atoms with van der Waals surface area (Å²) in [7, 11) is 5.99. The number of hydrogen-bond acceptors (Lipinski definition) is 4. The largest absolute Gasteiger partial charge is 0.379 e. The zero-order valence-electron chi connectivity index (χ0n) is 13.4. The summed E-state index contributed by atoms with van der Waals surface area (Å²) < 4.78 is 5.53. The fraction of sp³-hybridized carbons (Fsp3) is 1.00. The molecule has 0 aromatic carbocycles. The Morgan fingerprint density at radius 3 is 2.17 bits per heavy atom. The summed E-state index contributed by atoms with van der Waals surface area (Å²) in [6.45, 7) is 11.5. The van der Waals surface area contributed by atoms with Crippen LogP contribution in [0.4, 0.5) is 0 Å². The molecule has 4 nitrogen and oxygen atoms in total. The van der Waals surface area contributed by atoms with Gasteiger partial charge < -0.3 is 15.4 Å². The number of rotatable bonds is 9. The van der Waals surface area contributed by atoms with Crippen LogP contribution in [0, 0.1) is 0 Å². The topological polar surface area (TPSA) is 41.7 Å². The minimum Gasteiger partial charge on any atom is -0.379 e. The molecule has 0 aliphatic rings. The van der Waals surface area contributed by atoms with Crippen LogP contribution in [0.2, 0.25) is 0 Å². The van der Waals surface area contributed by atoms with Crippen LogP contribution < -0.4 is 5.73 Å². The number of likely N-dealkylation sites (N-methyl/N-ethyl adjacent to an activating group) is 2. The molecule has 0 aromatic heterocycles. The predicted molar refractivity (Wildman–Crippen MR) is 78.9 cm³/mol. The third-order valence-electron chi connectivity index (χ3n) is 3.58. The van der Waals surface area contributed by atoms with Gasteiger partial charge in [-0.3, -0.25) is 4.90 Å². The van der Waals surface area contributed by atoms with Crippen molar-refractivity contribution >= 4 is 0 Å². The van der Waals surface area contributed by atoms with Crippen molar-refractivity contribution in [3.05, 3.63) is 0 Å². The Labute approximate surface area is 113 Å². The Morgan fingerprint density at radius 1 is 1.28 bits per heavy atom. The molecule has 0 spiro atoms. The van der Waals surface area contributed by atoms with Crippen molar-refractivity contribution in [3.8, 4) is 0 Å². The molecule has 0 amide bonds. The summed E-state index contributed by atoms with van der Waals surface area (Å²) in [6.07, 6.45) is 0.964. The maximum absolute atomic E-state index is 5.97. The maximum atomic E-state index is 5.97. The second-order valence-electron chi connectivity index (χ2n) is 6.00. The molecule has 4 heteroatoms. The van der Waals surface area contributed by atoms with E-state index >= 15 is 0 Å². The molecule has 0 bridgehead atoms. The van der Waals surface area contributed by atoms with Crippen molar-refractivity contribution in [2.24, 2.45) is 5.73 Å². The van der Waals surface area contributed by atoms with Crippen LogP contribution in [0.25, 0.3) is 0 Å². The SMILES string of the molecule is CCN(C(C)CN(C)C)C(CN)CC(C)(C)OC. The second-order valence-corrected chi connectivity index (χ2v) is 6.00. The quantitative estimate of drug-likeness (QED) is 0.680. The highest BCUT2D eigenvalue weighted by molar-refractivity contribution is 4.84. The van der Waals surface area contributed by atoms with E-state index in [4.69, 9.17) is 10.5 Å². The first-order valence-electron chi connectivity index (χ1n) is 6.93. The first kappa shape index (κ1) is 17.8. The number of methoxy groups -OCH3 is 1. The average molecular weight is 259 g/mol. The molecule has 2 unspecified atom stereocenters. The molecule has 0 fully saturated rings. The summed E-state index contributed by atoms with van der Waals surface area (Å²) in [6, 6.07) is 0.881. The first-order chi connectivity index (χ1) is 8.27. The minimum absolute atomic E-state index is 0.116. The zero-order valence-corrected chi connectivity index (χ0v) is 13.4. The van der Waals surface area contributed by atoms with Crippen molar-refractivity contribution in [1.82, 2.24) is 9.80 Å². The van der Waals surface area contributed by atoms with E-state index in [9.17, 15) is 0 Å². The minimum atomic E-state index is -0.116.